The Hall–Kier alpha value is -0.200. The highest BCUT2D eigenvalue weighted by molar-refractivity contribution is 4.75. The molecule has 124 valence electrons. The fraction of sp³-hybridized carbons (Fsp3) is 1.00. The Morgan fingerprint density at radius 1 is 1.24 bits per heavy atom. The SMILES string of the molecule is COCCN1CCC(CN(C)CCC2COCCO2)CC1. The summed E-state index contributed by atoms with van der Waals surface area (Å²) < 4.78 is 16.3. The van der Waals surface area contributed by atoms with Crippen molar-refractivity contribution in [2.75, 3.05) is 73.3 Å². The normalized spacial score (nSPS) is 25.6. The van der Waals surface area contributed by atoms with Crippen molar-refractivity contribution in [3.8, 4) is 0 Å². The van der Waals surface area contributed by atoms with Crippen LogP contribution in [-0.4, -0.2) is 89.2 Å². The second-order valence-corrected chi connectivity index (χ2v) is 6.40. The molecule has 0 amide bonds. The molecule has 2 rings (SSSR count). The van der Waals surface area contributed by atoms with Crippen LogP contribution in [0.5, 0.6) is 0 Å². The van der Waals surface area contributed by atoms with Crippen molar-refractivity contribution in [3.63, 3.8) is 0 Å². The lowest BCUT2D eigenvalue weighted by Gasteiger charge is -2.34. The van der Waals surface area contributed by atoms with E-state index in [1.54, 1.807) is 7.11 Å². The first-order valence-corrected chi connectivity index (χ1v) is 8.37. The van der Waals surface area contributed by atoms with Gasteiger partial charge in [-0.1, -0.05) is 0 Å². The first kappa shape index (κ1) is 17.2. The summed E-state index contributed by atoms with van der Waals surface area (Å²) in [5.41, 5.74) is 0. The van der Waals surface area contributed by atoms with Gasteiger partial charge >= 0.3 is 0 Å². The molecule has 2 heterocycles. The Bertz CT molecular complexity index is 264. The van der Waals surface area contributed by atoms with Crippen molar-refractivity contribution in [2.45, 2.75) is 25.4 Å². The van der Waals surface area contributed by atoms with E-state index in [1.807, 2.05) is 0 Å². The topological polar surface area (TPSA) is 34.2 Å². The standard InChI is InChI=1S/C16H32N2O3/c1-17(6-5-16-14-20-11-12-21-16)13-15-3-7-18(8-4-15)9-10-19-2/h15-16H,3-14H2,1-2H3. The number of nitrogens with zero attached hydrogens (tertiary/aromatic N) is 2. The van der Waals surface area contributed by atoms with Crippen LogP contribution >= 0.6 is 0 Å². The highest BCUT2D eigenvalue weighted by Gasteiger charge is 2.21. The number of piperidine rings is 1. The van der Waals surface area contributed by atoms with Gasteiger partial charge in [0.05, 0.1) is 32.5 Å². The number of ether oxygens (including phenoxy) is 3. The van der Waals surface area contributed by atoms with Crippen LogP contribution in [0.1, 0.15) is 19.3 Å². The van der Waals surface area contributed by atoms with Gasteiger partial charge in [0, 0.05) is 26.7 Å². The molecule has 0 spiro atoms. The van der Waals surface area contributed by atoms with E-state index in [0.717, 1.165) is 51.9 Å². The molecule has 2 aliphatic heterocycles. The quantitative estimate of drug-likeness (QED) is 0.670. The zero-order valence-electron chi connectivity index (χ0n) is 13.8. The number of rotatable bonds is 8. The predicted molar refractivity (Wildman–Crippen MR) is 83.7 cm³/mol. The minimum absolute atomic E-state index is 0.303. The molecule has 5 nitrogen and oxygen atoms in total. The second kappa shape index (κ2) is 9.74. The van der Waals surface area contributed by atoms with Gasteiger partial charge in [0.1, 0.15) is 0 Å². The molecule has 0 aliphatic carbocycles. The van der Waals surface area contributed by atoms with Crippen LogP contribution in [0.4, 0.5) is 0 Å². The average Bonchev–Trinajstić information content (AvgIpc) is 2.53. The minimum Gasteiger partial charge on any atom is -0.383 e. The molecule has 2 saturated heterocycles. The summed E-state index contributed by atoms with van der Waals surface area (Å²) in [6, 6.07) is 0. The fourth-order valence-corrected chi connectivity index (χ4v) is 3.21. The average molecular weight is 300 g/mol. The summed E-state index contributed by atoms with van der Waals surface area (Å²) in [6.45, 7) is 8.99. The lowest BCUT2D eigenvalue weighted by atomic mass is 9.96. The van der Waals surface area contributed by atoms with Crippen LogP contribution in [-0.2, 0) is 14.2 Å². The van der Waals surface area contributed by atoms with E-state index >= 15 is 0 Å². The van der Waals surface area contributed by atoms with Crippen LogP contribution in [0.2, 0.25) is 0 Å². The maximum atomic E-state index is 5.70. The van der Waals surface area contributed by atoms with E-state index in [1.165, 1.54) is 32.5 Å². The van der Waals surface area contributed by atoms with E-state index < -0.39 is 0 Å². The number of hydrogen-bond donors (Lipinski definition) is 0. The van der Waals surface area contributed by atoms with Crippen LogP contribution in [0.25, 0.3) is 0 Å². The van der Waals surface area contributed by atoms with Crippen molar-refractivity contribution in [2.24, 2.45) is 5.92 Å². The first-order valence-electron chi connectivity index (χ1n) is 8.37. The molecule has 0 aromatic carbocycles. The zero-order valence-corrected chi connectivity index (χ0v) is 13.8. The van der Waals surface area contributed by atoms with Gasteiger partial charge in [-0.05, 0) is 45.3 Å². The van der Waals surface area contributed by atoms with Crippen molar-refractivity contribution in [1.82, 2.24) is 9.80 Å². The number of methoxy groups -OCH3 is 1. The Kier molecular flexibility index (Phi) is 7.96. The highest BCUT2D eigenvalue weighted by atomic mass is 16.6. The second-order valence-electron chi connectivity index (χ2n) is 6.40. The van der Waals surface area contributed by atoms with Gasteiger partial charge < -0.3 is 24.0 Å². The molecule has 5 heteroatoms. The third kappa shape index (κ3) is 6.61. The molecule has 0 radical (unpaired) electrons. The third-order valence-corrected chi connectivity index (χ3v) is 4.61. The van der Waals surface area contributed by atoms with Gasteiger partial charge in [-0.2, -0.15) is 0 Å². The predicted octanol–water partition coefficient (Wildman–Crippen LogP) is 1.08. The van der Waals surface area contributed by atoms with Crippen LogP contribution in [0.3, 0.4) is 0 Å². The molecular weight excluding hydrogens is 268 g/mol. The molecule has 0 aromatic heterocycles. The van der Waals surface area contributed by atoms with E-state index in [4.69, 9.17) is 14.2 Å². The molecule has 2 fully saturated rings. The molecule has 1 unspecified atom stereocenters. The van der Waals surface area contributed by atoms with E-state index in [2.05, 4.69) is 16.8 Å². The molecule has 2 aliphatic rings. The Morgan fingerprint density at radius 3 is 2.71 bits per heavy atom. The largest absolute Gasteiger partial charge is 0.383 e. The minimum atomic E-state index is 0.303. The summed E-state index contributed by atoms with van der Waals surface area (Å²) >= 11 is 0. The van der Waals surface area contributed by atoms with E-state index in [9.17, 15) is 0 Å². The number of likely N-dealkylation sites (tertiary alicyclic amines) is 1. The first-order chi connectivity index (χ1) is 10.3. The summed E-state index contributed by atoms with van der Waals surface area (Å²) in [6.07, 6.45) is 4.02. The van der Waals surface area contributed by atoms with Crippen LogP contribution in [0.15, 0.2) is 0 Å². The summed E-state index contributed by atoms with van der Waals surface area (Å²) in [5.74, 6) is 0.845. The number of hydrogen-bond acceptors (Lipinski definition) is 5. The third-order valence-electron chi connectivity index (χ3n) is 4.61. The zero-order chi connectivity index (χ0) is 14.9. The lowest BCUT2D eigenvalue weighted by Crippen LogP contribution is -2.40. The van der Waals surface area contributed by atoms with Gasteiger partial charge in [-0.3, -0.25) is 0 Å². The maximum Gasteiger partial charge on any atom is 0.0821 e. The monoisotopic (exact) mass is 300 g/mol. The van der Waals surface area contributed by atoms with Crippen molar-refractivity contribution < 1.29 is 14.2 Å². The fourth-order valence-electron chi connectivity index (χ4n) is 3.21. The Morgan fingerprint density at radius 2 is 2.05 bits per heavy atom. The van der Waals surface area contributed by atoms with Gasteiger partial charge in [-0.25, -0.2) is 0 Å². The molecule has 0 saturated carbocycles. The van der Waals surface area contributed by atoms with Crippen molar-refractivity contribution >= 4 is 0 Å². The van der Waals surface area contributed by atoms with Gasteiger partial charge in [-0.15, -0.1) is 0 Å². The molecule has 21 heavy (non-hydrogen) atoms. The van der Waals surface area contributed by atoms with Gasteiger partial charge in [0.2, 0.25) is 0 Å². The maximum absolute atomic E-state index is 5.70. The van der Waals surface area contributed by atoms with Gasteiger partial charge in [0.15, 0.2) is 0 Å². The molecule has 1 atom stereocenters. The smallest absolute Gasteiger partial charge is 0.0821 e. The lowest BCUT2D eigenvalue weighted by molar-refractivity contribution is -0.0925. The van der Waals surface area contributed by atoms with Gasteiger partial charge in [0.25, 0.3) is 0 Å². The van der Waals surface area contributed by atoms with Crippen LogP contribution in [0, 0.1) is 5.92 Å². The Labute approximate surface area is 129 Å². The molecule has 0 aromatic rings. The van der Waals surface area contributed by atoms with Crippen LogP contribution < -0.4 is 0 Å². The van der Waals surface area contributed by atoms with Crippen molar-refractivity contribution in [3.05, 3.63) is 0 Å². The summed E-state index contributed by atoms with van der Waals surface area (Å²) in [5, 5.41) is 0. The molecule has 0 bridgehead atoms. The Balaban J connectivity index is 1.55. The summed E-state index contributed by atoms with van der Waals surface area (Å²) in [4.78, 5) is 4.99. The van der Waals surface area contributed by atoms with E-state index in [0.29, 0.717) is 6.10 Å². The van der Waals surface area contributed by atoms with Crippen molar-refractivity contribution in [1.29, 1.82) is 0 Å². The van der Waals surface area contributed by atoms with E-state index in [-0.39, 0.29) is 0 Å². The molecular formula is C16H32N2O3. The highest BCUT2D eigenvalue weighted by Crippen LogP contribution is 2.18. The summed E-state index contributed by atoms with van der Waals surface area (Å²) in [7, 11) is 4.02. The molecule has 0 N–H and O–H groups in total.